The summed E-state index contributed by atoms with van der Waals surface area (Å²) in [7, 11) is 0. The van der Waals surface area contributed by atoms with Crippen LogP contribution in [0.5, 0.6) is 0 Å². The predicted molar refractivity (Wildman–Crippen MR) is 84.3 cm³/mol. The first-order valence-electron chi connectivity index (χ1n) is 6.89. The fourth-order valence-electron chi connectivity index (χ4n) is 2.53. The van der Waals surface area contributed by atoms with Crippen LogP contribution in [-0.4, -0.2) is 10.8 Å². The summed E-state index contributed by atoms with van der Waals surface area (Å²) in [5.41, 5.74) is 14.5. The third-order valence-corrected chi connectivity index (χ3v) is 3.59. The van der Waals surface area contributed by atoms with Crippen LogP contribution in [0.25, 0.3) is 11.1 Å². The predicted octanol–water partition coefficient (Wildman–Crippen LogP) is 2.38. The third-order valence-electron chi connectivity index (χ3n) is 3.59. The Bertz CT molecular complexity index is 719. The van der Waals surface area contributed by atoms with E-state index in [0.717, 1.165) is 23.1 Å². The molecule has 4 N–H and O–H groups in total. The lowest BCUT2D eigenvalue weighted by atomic mass is 9.89. The van der Waals surface area contributed by atoms with Gasteiger partial charge in [0.1, 0.15) is 0 Å². The molecule has 0 fully saturated rings. The van der Waals surface area contributed by atoms with Gasteiger partial charge in [-0.3, -0.25) is 14.9 Å². The molecule has 0 radical (unpaired) electrons. The van der Waals surface area contributed by atoms with Crippen molar-refractivity contribution in [3.8, 4) is 11.1 Å². The van der Waals surface area contributed by atoms with Gasteiger partial charge in [-0.2, -0.15) is 0 Å². The Hall–Kier alpha value is -2.73. The summed E-state index contributed by atoms with van der Waals surface area (Å²) in [6, 6.07) is 9.87. The molecule has 0 heterocycles. The number of carbonyl (C=O) groups is 1. The lowest BCUT2D eigenvalue weighted by Gasteiger charge is -2.15. The van der Waals surface area contributed by atoms with Gasteiger partial charge < -0.3 is 11.5 Å². The summed E-state index contributed by atoms with van der Waals surface area (Å²) < 4.78 is 0. The topological polar surface area (TPSA) is 112 Å². The van der Waals surface area contributed by atoms with Crippen molar-refractivity contribution in [2.24, 2.45) is 11.5 Å². The molecule has 0 aliphatic carbocycles. The molecule has 22 heavy (non-hydrogen) atoms. The van der Waals surface area contributed by atoms with E-state index >= 15 is 0 Å². The lowest BCUT2D eigenvalue weighted by molar-refractivity contribution is -0.384. The number of aryl methyl sites for hydroxylation is 1. The Labute approximate surface area is 127 Å². The van der Waals surface area contributed by atoms with E-state index in [1.807, 2.05) is 25.1 Å². The van der Waals surface area contributed by atoms with E-state index in [4.69, 9.17) is 11.5 Å². The Kier molecular flexibility index (Phi) is 4.53. The highest BCUT2D eigenvalue weighted by Crippen LogP contribution is 2.33. The van der Waals surface area contributed by atoms with E-state index in [-0.39, 0.29) is 11.3 Å². The summed E-state index contributed by atoms with van der Waals surface area (Å²) in [6.45, 7) is 2.30. The van der Waals surface area contributed by atoms with Gasteiger partial charge >= 0.3 is 0 Å². The molecule has 0 saturated heterocycles. The number of amides is 1. The van der Waals surface area contributed by atoms with Gasteiger partial charge in [0.2, 0.25) is 5.91 Å². The molecule has 0 bridgehead atoms. The van der Waals surface area contributed by atoms with E-state index in [9.17, 15) is 14.9 Å². The van der Waals surface area contributed by atoms with Gasteiger partial charge in [0.05, 0.1) is 10.5 Å². The maximum absolute atomic E-state index is 11.7. The van der Waals surface area contributed by atoms with Crippen molar-refractivity contribution < 1.29 is 9.72 Å². The number of nitro groups is 1. The SMILES string of the molecule is CCc1cccc(CN)c1-c1ccc([N+](=O)[O-])cc1C(N)=O. The Morgan fingerprint density at radius 2 is 1.91 bits per heavy atom. The Morgan fingerprint density at radius 1 is 1.23 bits per heavy atom. The summed E-state index contributed by atoms with van der Waals surface area (Å²) in [5.74, 6) is -0.701. The van der Waals surface area contributed by atoms with Crippen LogP contribution in [0.4, 0.5) is 5.69 Å². The van der Waals surface area contributed by atoms with Crippen molar-refractivity contribution in [2.45, 2.75) is 19.9 Å². The third kappa shape index (κ3) is 2.82. The summed E-state index contributed by atoms with van der Waals surface area (Å²) >= 11 is 0. The quantitative estimate of drug-likeness (QED) is 0.651. The summed E-state index contributed by atoms with van der Waals surface area (Å²) in [4.78, 5) is 22.1. The van der Waals surface area contributed by atoms with Crippen LogP contribution in [0.1, 0.15) is 28.4 Å². The molecule has 0 aliphatic heterocycles. The van der Waals surface area contributed by atoms with Gasteiger partial charge in [-0.1, -0.05) is 25.1 Å². The largest absolute Gasteiger partial charge is 0.366 e. The van der Waals surface area contributed by atoms with Gasteiger partial charge in [0.15, 0.2) is 0 Å². The Balaban J connectivity index is 2.77. The molecule has 6 nitrogen and oxygen atoms in total. The van der Waals surface area contributed by atoms with Crippen LogP contribution in [0.3, 0.4) is 0 Å². The van der Waals surface area contributed by atoms with Crippen molar-refractivity contribution in [3.63, 3.8) is 0 Å². The fraction of sp³-hybridized carbons (Fsp3) is 0.188. The van der Waals surface area contributed by atoms with Crippen molar-refractivity contribution in [3.05, 3.63) is 63.2 Å². The Morgan fingerprint density at radius 3 is 2.45 bits per heavy atom. The van der Waals surface area contributed by atoms with Gasteiger partial charge in [-0.25, -0.2) is 0 Å². The second-order valence-corrected chi connectivity index (χ2v) is 4.86. The van der Waals surface area contributed by atoms with Crippen molar-refractivity contribution >= 4 is 11.6 Å². The molecule has 0 spiro atoms. The molecular weight excluding hydrogens is 282 g/mol. The number of benzene rings is 2. The standard InChI is InChI=1S/C16H17N3O3/c1-2-10-4-3-5-11(9-17)15(10)13-7-6-12(19(21)22)8-14(13)16(18)20/h3-8H,2,9,17H2,1H3,(H2,18,20). The molecule has 0 aliphatic rings. The van der Waals surface area contributed by atoms with Crippen molar-refractivity contribution in [2.75, 3.05) is 0 Å². The zero-order valence-electron chi connectivity index (χ0n) is 12.2. The molecule has 114 valence electrons. The van der Waals surface area contributed by atoms with Crippen LogP contribution < -0.4 is 11.5 Å². The molecule has 0 saturated carbocycles. The monoisotopic (exact) mass is 299 g/mol. The lowest BCUT2D eigenvalue weighted by Crippen LogP contribution is -2.14. The number of non-ortho nitro benzene ring substituents is 1. The molecular formula is C16H17N3O3. The summed E-state index contributed by atoms with van der Waals surface area (Å²) in [6.07, 6.45) is 0.748. The summed E-state index contributed by atoms with van der Waals surface area (Å²) in [5, 5.41) is 10.9. The number of hydrogen-bond acceptors (Lipinski definition) is 4. The van der Waals surface area contributed by atoms with E-state index in [2.05, 4.69) is 0 Å². The van der Waals surface area contributed by atoms with E-state index < -0.39 is 10.8 Å². The smallest absolute Gasteiger partial charge is 0.270 e. The van der Waals surface area contributed by atoms with Crippen LogP contribution in [-0.2, 0) is 13.0 Å². The highest BCUT2D eigenvalue weighted by Gasteiger charge is 2.19. The van der Waals surface area contributed by atoms with E-state index in [1.54, 1.807) is 6.07 Å². The fourth-order valence-corrected chi connectivity index (χ4v) is 2.53. The second-order valence-electron chi connectivity index (χ2n) is 4.86. The van der Waals surface area contributed by atoms with Crippen LogP contribution in [0.2, 0.25) is 0 Å². The van der Waals surface area contributed by atoms with Gasteiger partial charge in [0.25, 0.3) is 5.69 Å². The molecule has 2 rings (SSSR count). The number of primary amides is 1. The molecule has 1 amide bonds. The van der Waals surface area contributed by atoms with E-state index in [0.29, 0.717) is 12.1 Å². The minimum absolute atomic E-state index is 0.129. The number of rotatable bonds is 5. The highest BCUT2D eigenvalue weighted by molar-refractivity contribution is 6.01. The number of hydrogen-bond donors (Lipinski definition) is 2. The van der Waals surface area contributed by atoms with Crippen molar-refractivity contribution in [1.82, 2.24) is 0 Å². The molecule has 0 unspecified atom stereocenters. The molecule has 2 aromatic rings. The number of nitrogens with zero attached hydrogens (tertiary/aromatic N) is 1. The average molecular weight is 299 g/mol. The highest BCUT2D eigenvalue weighted by atomic mass is 16.6. The zero-order chi connectivity index (χ0) is 16.3. The molecule has 0 atom stereocenters. The first kappa shape index (κ1) is 15.7. The first-order chi connectivity index (χ1) is 10.5. The van der Waals surface area contributed by atoms with Gasteiger partial charge in [-0.15, -0.1) is 0 Å². The molecule has 6 heteroatoms. The number of nitrogens with two attached hydrogens (primary N) is 2. The molecule has 2 aromatic carbocycles. The van der Waals surface area contributed by atoms with Crippen molar-refractivity contribution in [1.29, 1.82) is 0 Å². The molecule has 0 aromatic heterocycles. The first-order valence-corrected chi connectivity index (χ1v) is 6.89. The van der Waals surface area contributed by atoms with E-state index in [1.165, 1.54) is 12.1 Å². The zero-order valence-corrected chi connectivity index (χ0v) is 12.2. The van der Waals surface area contributed by atoms with Crippen LogP contribution in [0, 0.1) is 10.1 Å². The van der Waals surface area contributed by atoms with Gasteiger partial charge in [-0.05, 0) is 34.7 Å². The van der Waals surface area contributed by atoms with Crippen LogP contribution in [0.15, 0.2) is 36.4 Å². The maximum Gasteiger partial charge on any atom is 0.270 e. The number of carbonyl (C=O) groups excluding carboxylic acids is 1. The van der Waals surface area contributed by atoms with Crippen LogP contribution >= 0.6 is 0 Å². The second kappa shape index (κ2) is 6.36. The maximum atomic E-state index is 11.7. The normalized spacial score (nSPS) is 10.5. The minimum Gasteiger partial charge on any atom is -0.366 e. The number of nitro benzene ring substituents is 1. The van der Waals surface area contributed by atoms with Gasteiger partial charge in [0, 0.05) is 18.7 Å². The average Bonchev–Trinajstić information content (AvgIpc) is 2.53. The minimum atomic E-state index is -0.701.